The first-order chi connectivity index (χ1) is 25.8. The van der Waals surface area contributed by atoms with Crippen molar-refractivity contribution in [3.63, 3.8) is 0 Å². The lowest BCUT2D eigenvalue weighted by Gasteiger charge is -2.17. The molecule has 1 unspecified atom stereocenters. The number of methoxy groups -OCH3 is 2. The van der Waals surface area contributed by atoms with Gasteiger partial charge in [0.25, 0.3) is 11.8 Å². The SMILES string of the molecule is COc1cccc(/C=C(\NC(=O)c2ccccc2)C(=O)Nc2ccc(SC(C(=O)Nc3nc(-c4ccc(F)cc4)cs3)c3ccccc3)cc2)c1OC. The Kier molecular flexibility index (Phi) is 11.9. The largest absolute Gasteiger partial charge is 0.493 e. The van der Waals surface area contributed by atoms with Crippen molar-refractivity contribution in [2.75, 3.05) is 24.9 Å². The van der Waals surface area contributed by atoms with Crippen molar-refractivity contribution in [3.8, 4) is 22.8 Å². The summed E-state index contributed by atoms with van der Waals surface area (Å²) in [5.41, 5.74) is 3.51. The van der Waals surface area contributed by atoms with Crippen LogP contribution >= 0.6 is 23.1 Å². The molecule has 6 aromatic rings. The van der Waals surface area contributed by atoms with E-state index in [4.69, 9.17) is 9.47 Å². The number of para-hydroxylation sites is 1. The lowest BCUT2D eigenvalue weighted by atomic mass is 10.1. The molecular weight excluding hydrogens is 712 g/mol. The van der Waals surface area contributed by atoms with Gasteiger partial charge in [0.05, 0.1) is 19.9 Å². The number of hydrogen-bond donors (Lipinski definition) is 3. The fourth-order valence-corrected chi connectivity index (χ4v) is 6.98. The van der Waals surface area contributed by atoms with Crippen molar-refractivity contribution in [1.29, 1.82) is 0 Å². The lowest BCUT2D eigenvalue weighted by Crippen LogP contribution is -2.30. The number of rotatable bonds is 13. The van der Waals surface area contributed by atoms with Gasteiger partial charge < -0.3 is 25.4 Å². The van der Waals surface area contributed by atoms with Crippen molar-refractivity contribution in [2.45, 2.75) is 10.1 Å². The highest BCUT2D eigenvalue weighted by Gasteiger charge is 2.24. The van der Waals surface area contributed by atoms with Crippen molar-refractivity contribution in [1.82, 2.24) is 10.3 Å². The Morgan fingerprint density at radius 3 is 2.17 bits per heavy atom. The predicted octanol–water partition coefficient (Wildman–Crippen LogP) is 8.85. The Morgan fingerprint density at radius 2 is 1.49 bits per heavy atom. The molecule has 1 heterocycles. The Balaban J connectivity index is 1.19. The minimum absolute atomic E-state index is 0.0190. The van der Waals surface area contributed by atoms with Crippen LogP contribution in [-0.4, -0.2) is 36.9 Å². The zero-order valence-electron chi connectivity index (χ0n) is 28.5. The van der Waals surface area contributed by atoms with Crippen LogP contribution in [0.25, 0.3) is 17.3 Å². The topological polar surface area (TPSA) is 119 Å². The van der Waals surface area contributed by atoms with Crippen LogP contribution in [0, 0.1) is 5.82 Å². The molecule has 12 heteroatoms. The van der Waals surface area contributed by atoms with E-state index in [0.717, 1.165) is 16.0 Å². The van der Waals surface area contributed by atoms with E-state index in [1.54, 1.807) is 90.3 Å². The summed E-state index contributed by atoms with van der Waals surface area (Å²) in [7, 11) is 3.01. The van der Waals surface area contributed by atoms with Crippen molar-refractivity contribution < 1.29 is 28.2 Å². The first-order valence-corrected chi connectivity index (χ1v) is 18.0. The standard InChI is InChI=1S/C41H33FN4O5S2/c1-50-35-15-9-14-29(36(35)51-2)24-33(44-38(47)28-12-7-4-8-13-28)39(48)43-31-20-22-32(23-21-31)53-37(27-10-5-3-6-11-27)40(49)46-41-45-34(25-52-41)26-16-18-30(42)19-17-26/h3-25,37H,1-2H3,(H,43,48)(H,44,47)(H,45,46,49)/b33-24-. The maximum Gasteiger partial charge on any atom is 0.272 e. The summed E-state index contributed by atoms with van der Waals surface area (Å²) in [6.07, 6.45) is 1.52. The number of ether oxygens (including phenoxy) is 2. The number of nitrogens with zero attached hydrogens (tertiary/aromatic N) is 1. The predicted molar refractivity (Wildman–Crippen MR) is 208 cm³/mol. The molecule has 3 amide bonds. The second kappa shape index (κ2) is 17.3. The normalized spacial score (nSPS) is 11.6. The molecule has 266 valence electrons. The maximum atomic E-state index is 13.7. The zero-order chi connectivity index (χ0) is 37.2. The zero-order valence-corrected chi connectivity index (χ0v) is 30.2. The van der Waals surface area contributed by atoms with Gasteiger partial charge in [0.15, 0.2) is 16.6 Å². The molecule has 0 bridgehead atoms. The molecule has 0 radical (unpaired) electrons. The van der Waals surface area contributed by atoms with Crippen LogP contribution in [0.15, 0.2) is 143 Å². The molecule has 5 aromatic carbocycles. The molecule has 0 saturated carbocycles. The number of thiazole rings is 1. The number of hydrogen-bond acceptors (Lipinski definition) is 8. The fourth-order valence-electron chi connectivity index (χ4n) is 5.23. The van der Waals surface area contributed by atoms with Gasteiger partial charge in [-0.15, -0.1) is 23.1 Å². The number of carbonyl (C=O) groups is 3. The van der Waals surface area contributed by atoms with Crippen LogP contribution < -0.4 is 25.4 Å². The monoisotopic (exact) mass is 744 g/mol. The quantitative estimate of drug-likeness (QED) is 0.0799. The summed E-state index contributed by atoms with van der Waals surface area (Å²) in [6.45, 7) is 0. The molecule has 0 spiro atoms. The van der Waals surface area contributed by atoms with Gasteiger partial charge in [-0.2, -0.15) is 0 Å². The van der Waals surface area contributed by atoms with E-state index in [2.05, 4.69) is 20.9 Å². The van der Waals surface area contributed by atoms with Crippen LogP contribution in [0.3, 0.4) is 0 Å². The highest BCUT2D eigenvalue weighted by Crippen LogP contribution is 2.38. The summed E-state index contributed by atoms with van der Waals surface area (Å²) >= 11 is 2.62. The molecule has 0 aliphatic carbocycles. The molecule has 1 aromatic heterocycles. The van der Waals surface area contributed by atoms with Gasteiger partial charge in [-0.05, 0) is 78.4 Å². The average molecular weight is 745 g/mol. The summed E-state index contributed by atoms with van der Waals surface area (Å²) in [5.74, 6) is -0.770. The number of nitrogens with one attached hydrogen (secondary N) is 3. The van der Waals surface area contributed by atoms with E-state index in [9.17, 15) is 18.8 Å². The molecule has 1 atom stereocenters. The maximum absolute atomic E-state index is 13.7. The van der Waals surface area contributed by atoms with Crippen LogP contribution in [0.2, 0.25) is 0 Å². The third-order valence-corrected chi connectivity index (χ3v) is 9.87. The lowest BCUT2D eigenvalue weighted by molar-refractivity contribution is -0.116. The van der Waals surface area contributed by atoms with Gasteiger partial charge in [-0.25, -0.2) is 9.37 Å². The van der Waals surface area contributed by atoms with Gasteiger partial charge >= 0.3 is 0 Å². The molecule has 9 nitrogen and oxygen atoms in total. The second-order valence-electron chi connectivity index (χ2n) is 11.4. The minimum atomic E-state index is -0.629. The average Bonchev–Trinajstić information content (AvgIpc) is 3.66. The van der Waals surface area contributed by atoms with Crippen molar-refractivity contribution >= 4 is 57.7 Å². The van der Waals surface area contributed by atoms with Gasteiger partial charge in [0.1, 0.15) is 16.8 Å². The first-order valence-electron chi connectivity index (χ1n) is 16.3. The number of carbonyl (C=O) groups excluding carboxylic acids is 3. The third kappa shape index (κ3) is 9.36. The smallest absolute Gasteiger partial charge is 0.272 e. The second-order valence-corrected chi connectivity index (χ2v) is 13.4. The van der Waals surface area contributed by atoms with Gasteiger partial charge in [-0.3, -0.25) is 14.4 Å². The molecule has 0 fully saturated rings. The summed E-state index contributed by atoms with van der Waals surface area (Å²) in [6, 6.07) is 36.2. The van der Waals surface area contributed by atoms with Crippen LogP contribution in [0.5, 0.6) is 11.5 Å². The van der Waals surface area contributed by atoms with E-state index in [1.807, 2.05) is 30.3 Å². The van der Waals surface area contributed by atoms with Gasteiger partial charge in [-0.1, -0.05) is 60.7 Å². The van der Waals surface area contributed by atoms with Gasteiger partial charge in [0.2, 0.25) is 5.91 Å². The first kappa shape index (κ1) is 36.5. The van der Waals surface area contributed by atoms with Crippen LogP contribution in [-0.2, 0) is 9.59 Å². The Labute approximate surface area is 313 Å². The number of amides is 3. The summed E-state index contributed by atoms with van der Waals surface area (Å²) < 4.78 is 24.4. The highest BCUT2D eigenvalue weighted by molar-refractivity contribution is 8.00. The van der Waals surface area contributed by atoms with Crippen LogP contribution in [0.4, 0.5) is 15.2 Å². The van der Waals surface area contributed by atoms with Crippen LogP contribution in [0.1, 0.15) is 26.7 Å². The minimum Gasteiger partial charge on any atom is -0.493 e. The highest BCUT2D eigenvalue weighted by atomic mass is 32.2. The third-order valence-electron chi connectivity index (χ3n) is 7.84. The van der Waals surface area contributed by atoms with Crippen molar-refractivity contribution in [2.24, 2.45) is 0 Å². The number of anilines is 2. The summed E-state index contributed by atoms with van der Waals surface area (Å²) in [4.78, 5) is 45.9. The molecular formula is C41H33FN4O5S2. The van der Waals surface area contributed by atoms with E-state index in [1.165, 1.54) is 55.5 Å². The van der Waals surface area contributed by atoms with Crippen molar-refractivity contribution in [3.05, 3.63) is 161 Å². The Hall–Kier alpha value is -6.24. The van der Waals surface area contributed by atoms with E-state index >= 15 is 0 Å². The Morgan fingerprint density at radius 1 is 0.792 bits per heavy atom. The summed E-state index contributed by atoms with van der Waals surface area (Å²) in [5, 5.41) is 10.1. The molecule has 0 aliphatic heterocycles. The Bertz CT molecular complexity index is 2230. The molecule has 6 rings (SSSR count). The number of benzene rings is 5. The molecule has 3 N–H and O–H groups in total. The number of aromatic nitrogens is 1. The van der Waals surface area contributed by atoms with E-state index in [-0.39, 0.29) is 17.4 Å². The van der Waals surface area contributed by atoms with Gasteiger partial charge in [0, 0.05) is 32.7 Å². The van der Waals surface area contributed by atoms with E-state index < -0.39 is 17.1 Å². The molecule has 0 saturated heterocycles. The number of halogens is 1. The van der Waals surface area contributed by atoms with E-state index in [0.29, 0.717) is 39.1 Å². The molecule has 0 aliphatic rings. The molecule has 53 heavy (non-hydrogen) atoms. The fraction of sp³-hybridized carbons (Fsp3) is 0.0732. The number of thioether (sulfide) groups is 1.